The fourth-order valence-electron chi connectivity index (χ4n) is 8.29. The van der Waals surface area contributed by atoms with E-state index in [4.69, 9.17) is 34.7 Å². The lowest BCUT2D eigenvalue weighted by atomic mass is 9.80. The quantitative estimate of drug-likeness (QED) is 0.0996. The Morgan fingerprint density at radius 3 is 2.42 bits per heavy atom. The highest BCUT2D eigenvalue weighted by Crippen LogP contribution is 2.37. The van der Waals surface area contributed by atoms with Gasteiger partial charge >= 0.3 is 6.09 Å². The number of nitrogens with zero attached hydrogens (tertiary/aromatic N) is 2. The summed E-state index contributed by atoms with van der Waals surface area (Å²) in [6.45, 7) is 14.7. The van der Waals surface area contributed by atoms with Gasteiger partial charge in [0.25, 0.3) is 0 Å². The molecule has 2 aromatic rings. The predicted octanol–water partition coefficient (Wildman–Crippen LogP) is 7.55. The van der Waals surface area contributed by atoms with Crippen molar-refractivity contribution >= 4 is 16.1 Å². The fourth-order valence-corrected chi connectivity index (χ4v) is 9.95. The first-order valence-electron chi connectivity index (χ1n) is 21.4. The molecule has 4 unspecified atom stereocenters. The second-order valence-electron chi connectivity index (χ2n) is 18.2. The summed E-state index contributed by atoms with van der Waals surface area (Å²) in [4.78, 5) is 13.2. The monoisotopic (exact) mass is 842 g/mol. The summed E-state index contributed by atoms with van der Waals surface area (Å²) in [5.74, 6) is 1.55. The first-order chi connectivity index (χ1) is 28.0. The number of carbonyl (C=O) groups excluding carboxylic acids is 1. The number of amides is 1. The van der Waals surface area contributed by atoms with E-state index in [2.05, 4.69) is 39.1 Å². The zero-order valence-electron chi connectivity index (χ0n) is 36.2. The maximum Gasteiger partial charge on any atom is 0.407 e. The van der Waals surface area contributed by atoms with Crippen molar-refractivity contribution < 1.29 is 42.0 Å². The highest BCUT2D eigenvalue weighted by molar-refractivity contribution is 7.89. The Morgan fingerprint density at radius 2 is 1.71 bits per heavy atom. The molecular formula is C45H70N4O9S. The van der Waals surface area contributed by atoms with Gasteiger partial charge in [-0.1, -0.05) is 91.1 Å². The van der Waals surface area contributed by atoms with Crippen LogP contribution in [0.25, 0.3) is 0 Å². The van der Waals surface area contributed by atoms with E-state index >= 15 is 0 Å². The first kappa shape index (κ1) is 48.2. The van der Waals surface area contributed by atoms with Crippen molar-refractivity contribution in [1.29, 1.82) is 5.26 Å². The molecule has 2 saturated heterocycles. The minimum absolute atomic E-state index is 0.00132. The third-order valence-corrected chi connectivity index (χ3v) is 13.0. The minimum atomic E-state index is -4.14. The molecule has 5 rings (SSSR count). The zero-order valence-corrected chi connectivity index (χ0v) is 37.0. The van der Waals surface area contributed by atoms with E-state index in [0.717, 1.165) is 30.9 Å². The van der Waals surface area contributed by atoms with Gasteiger partial charge in [-0.05, 0) is 85.9 Å². The number of sulfonamides is 1. The highest BCUT2D eigenvalue weighted by Gasteiger charge is 2.44. The van der Waals surface area contributed by atoms with Crippen LogP contribution in [-0.2, 0) is 30.7 Å². The lowest BCUT2D eigenvalue weighted by Crippen LogP contribution is -2.52. The second-order valence-corrected chi connectivity index (χ2v) is 20.1. The standard InChI is InChI=1S/C33H43N3O9S.C12H27N/c1-33(2,14-7-4-8-15-34)21-36(46(39,40)24-11-12-28-29(18-24)44-22-43-28)19-27(37)26(17-23-9-5-3-6-10-23)35-32(38)45-30-20-42-31-25(30)13-16-41-31;1-11(2)10-12(3,4)8-6-5-7-9-13/h3,5-6,9-12,18,25-27,30-31,37H,4,7-8,13-14,16-17,19-22H2,1-2H3,(H,35,38);11H,5-10,13H2,1-4H3/t25?,26-,27?,30?,31?;/m0./s1. The fraction of sp³-hybridized carbons (Fsp3) is 0.689. The van der Waals surface area contributed by atoms with Crippen molar-refractivity contribution in [3.05, 3.63) is 54.1 Å². The molecule has 0 bridgehead atoms. The molecule has 5 atom stereocenters. The van der Waals surface area contributed by atoms with Gasteiger partial charge in [-0.25, -0.2) is 13.2 Å². The van der Waals surface area contributed by atoms with Gasteiger partial charge in [0.2, 0.25) is 16.8 Å². The van der Waals surface area contributed by atoms with Crippen LogP contribution >= 0.6 is 0 Å². The molecule has 14 heteroatoms. The lowest BCUT2D eigenvalue weighted by molar-refractivity contribution is -0.0907. The number of aliphatic hydroxyl groups is 1. The van der Waals surface area contributed by atoms with Gasteiger partial charge in [0.1, 0.15) is 6.10 Å². The Balaban J connectivity index is 0.000000509. The van der Waals surface area contributed by atoms with Crippen LogP contribution in [-0.4, -0.2) is 88.1 Å². The second kappa shape index (κ2) is 23.0. The summed E-state index contributed by atoms with van der Waals surface area (Å²) >= 11 is 0. The van der Waals surface area contributed by atoms with Crippen molar-refractivity contribution in [2.75, 3.05) is 39.6 Å². The van der Waals surface area contributed by atoms with E-state index in [-0.39, 0.29) is 50.0 Å². The zero-order chi connectivity index (χ0) is 43.1. The maximum atomic E-state index is 14.2. The predicted molar refractivity (Wildman–Crippen MR) is 227 cm³/mol. The van der Waals surface area contributed by atoms with Crippen molar-refractivity contribution in [3.8, 4) is 17.6 Å². The van der Waals surface area contributed by atoms with Gasteiger partial charge < -0.3 is 39.8 Å². The molecule has 13 nitrogen and oxygen atoms in total. The Morgan fingerprint density at radius 1 is 1.00 bits per heavy atom. The molecular weight excluding hydrogens is 773 g/mol. The molecule has 3 heterocycles. The Bertz CT molecular complexity index is 1730. The number of rotatable bonds is 22. The van der Waals surface area contributed by atoms with E-state index in [0.29, 0.717) is 42.8 Å². The number of aliphatic hydroxyl groups excluding tert-OH is 1. The van der Waals surface area contributed by atoms with Gasteiger partial charge in [-0.3, -0.25) is 0 Å². The van der Waals surface area contributed by atoms with Crippen LogP contribution in [0.2, 0.25) is 0 Å². The number of hydrogen-bond donors (Lipinski definition) is 3. The molecule has 0 radical (unpaired) electrons. The number of unbranched alkanes of at least 4 members (excludes halogenated alkanes) is 4. The molecule has 0 saturated carbocycles. The third-order valence-electron chi connectivity index (χ3n) is 11.2. The van der Waals surface area contributed by atoms with Crippen LogP contribution in [0.3, 0.4) is 0 Å². The van der Waals surface area contributed by atoms with Crippen molar-refractivity contribution in [2.24, 2.45) is 28.4 Å². The van der Waals surface area contributed by atoms with Gasteiger partial charge in [-0.2, -0.15) is 9.57 Å². The first-order valence-corrected chi connectivity index (χ1v) is 22.9. The van der Waals surface area contributed by atoms with Gasteiger partial charge in [0, 0.05) is 25.6 Å². The SMILES string of the molecule is CC(C)(CCCCC#N)CN(CC(O)[C@H](Cc1ccccc1)NC(=O)OC1COC2OCCC12)S(=O)(=O)c1ccc2c(c1)OCO2.CC(C)CC(C)(C)CCCCCN. The number of nitriles is 1. The van der Waals surface area contributed by atoms with E-state index in [1.807, 2.05) is 44.2 Å². The van der Waals surface area contributed by atoms with Crippen molar-refractivity contribution in [2.45, 2.75) is 142 Å². The van der Waals surface area contributed by atoms with Gasteiger partial charge in [0.15, 0.2) is 17.8 Å². The van der Waals surface area contributed by atoms with Crippen LogP contribution in [0.1, 0.15) is 111 Å². The molecule has 2 fully saturated rings. The summed E-state index contributed by atoms with van der Waals surface area (Å²) < 4.78 is 57.3. The van der Waals surface area contributed by atoms with E-state index < -0.39 is 39.8 Å². The van der Waals surface area contributed by atoms with Gasteiger partial charge in [-0.15, -0.1) is 0 Å². The average Bonchev–Trinajstić information content (AvgIpc) is 3.94. The molecule has 3 aliphatic rings. The summed E-state index contributed by atoms with van der Waals surface area (Å²) in [6, 6.07) is 15.1. The maximum absolute atomic E-state index is 14.2. The molecule has 59 heavy (non-hydrogen) atoms. The average molecular weight is 843 g/mol. The number of ether oxygens (including phenoxy) is 5. The minimum Gasteiger partial charge on any atom is -0.454 e. The topological polar surface area (TPSA) is 183 Å². The summed E-state index contributed by atoms with van der Waals surface area (Å²) in [5, 5.41) is 23.5. The number of fused-ring (bicyclic) bond motifs is 2. The molecule has 330 valence electrons. The van der Waals surface area contributed by atoms with E-state index in [1.165, 1.54) is 48.5 Å². The largest absolute Gasteiger partial charge is 0.454 e. The van der Waals surface area contributed by atoms with Crippen LogP contribution < -0.4 is 20.5 Å². The number of nitrogens with one attached hydrogen (secondary N) is 1. The van der Waals surface area contributed by atoms with Crippen LogP contribution in [0.4, 0.5) is 4.79 Å². The number of alkyl carbamates (subject to hydrolysis) is 1. The van der Waals surface area contributed by atoms with Gasteiger partial charge in [0.05, 0.1) is 42.2 Å². The summed E-state index contributed by atoms with van der Waals surface area (Å²) in [7, 11) is -4.14. The smallest absolute Gasteiger partial charge is 0.407 e. The lowest BCUT2D eigenvalue weighted by Gasteiger charge is -2.35. The van der Waals surface area contributed by atoms with Crippen molar-refractivity contribution in [1.82, 2.24) is 9.62 Å². The Hall–Kier alpha value is -3.45. The normalized spacial score (nSPS) is 19.8. The number of nitrogens with two attached hydrogens (primary N) is 1. The van der Waals surface area contributed by atoms with E-state index in [9.17, 15) is 18.3 Å². The molecule has 1 amide bonds. The molecule has 4 N–H and O–H groups in total. The van der Waals surface area contributed by atoms with Crippen molar-refractivity contribution in [3.63, 3.8) is 0 Å². The van der Waals surface area contributed by atoms with E-state index in [1.54, 1.807) is 6.07 Å². The number of carbonyl (C=O) groups is 1. The van der Waals surface area contributed by atoms with Crippen LogP contribution in [0.5, 0.6) is 11.5 Å². The Labute approximate surface area is 353 Å². The summed E-state index contributed by atoms with van der Waals surface area (Å²) in [6.07, 6.45) is 7.18. The molecule has 2 aromatic carbocycles. The molecule has 0 aromatic heterocycles. The van der Waals surface area contributed by atoms with Crippen LogP contribution in [0, 0.1) is 34.0 Å². The molecule has 0 spiro atoms. The van der Waals surface area contributed by atoms with Crippen LogP contribution in [0.15, 0.2) is 53.4 Å². The number of hydrogen-bond acceptors (Lipinski definition) is 11. The highest BCUT2D eigenvalue weighted by atomic mass is 32.2. The molecule has 3 aliphatic heterocycles. The number of benzene rings is 2. The summed E-state index contributed by atoms with van der Waals surface area (Å²) in [5.41, 5.74) is 6.36. The molecule has 0 aliphatic carbocycles. The Kier molecular flexibility index (Phi) is 18.8. The third kappa shape index (κ3) is 15.5.